The van der Waals surface area contributed by atoms with Gasteiger partial charge in [-0.05, 0) is 0 Å². The lowest BCUT2D eigenvalue weighted by Gasteiger charge is -1.91. The number of rotatable bonds is 0. The molecule has 0 aliphatic carbocycles. The van der Waals surface area contributed by atoms with Gasteiger partial charge in [0.2, 0.25) is 0 Å². The Labute approximate surface area is 78.6 Å². The van der Waals surface area contributed by atoms with Gasteiger partial charge in [-0.15, -0.1) is 0 Å². The first kappa shape index (κ1) is 19.0. The highest BCUT2D eigenvalue weighted by atomic mass is 28.4. The third kappa shape index (κ3) is 3230. The smallest absolute Gasteiger partial charge is 0.450 e. The molecular weight excluding hydrogens is 244 g/mol. The van der Waals surface area contributed by atoms with Crippen molar-refractivity contribution in [3.63, 3.8) is 0 Å². The van der Waals surface area contributed by atoms with Crippen molar-refractivity contribution in [2.45, 2.75) is 0 Å². The molecule has 88 valence electrons. The summed E-state index contributed by atoms with van der Waals surface area (Å²) in [7, 11) is -9.22. The van der Waals surface area contributed by atoms with Gasteiger partial charge in [-0.1, -0.05) is 0 Å². The second kappa shape index (κ2) is 7.76. The second-order valence-electron chi connectivity index (χ2n) is 1.48. The maximum absolute atomic E-state index is 8.56. The zero-order valence-corrected chi connectivity index (χ0v) is 8.38. The Bertz CT molecular complexity index is 112. The lowest BCUT2D eigenvalue weighted by Crippen LogP contribution is -2.33. The SMILES string of the molecule is O=C(O)O.O[Si](O)(O)O.O[Si](O)(O)O. The van der Waals surface area contributed by atoms with Gasteiger partial charge in [0.25, 0.3) is 0 Å². The Balaban J connectivity index is -0.000000131. The van der Waals surface area contributed by atoms with E-state index in [0.717, 1.165) is 0 Å². The quantitative estimate of drug-likeness (QED) is 0.184. The van der Waals surface area contributed by atoms with Crippen molar-refractivity contribution in [2.75, 3.05) is 0 Å². The summed E-state index contributed by atoms with van der Waals surface area (Å²) in [4.78, 5) is 67.2. The van der Waals surface area contributed by atoms with E-state index >= 15 is 0 Å². The fraction of sp³-hybridized carbons (Fsp3) is 0. The molecule has 0 radical (unpaired) electrons. The number of carboxylic acid groups (broad SMARTS) is 2. The lowest BCUT2D eigenvalue weighted by molar-refractivity contribution is 0.115. The molecule has 0 heterocycles. The molecule has 0 amide bonds. The summed E-state index contributed by atoms with van der Waals surface area (Å²) in [5.41, 5.74) is 0. The van der Waals surface area contributed by atoms with Gasteiger partial charge in [-0.2, -0.15) is 0 Å². The maximum atomic E-state index is 8.56. The zero-order valence-electron chi connectivity index (χ0n) is 6.38. The molecule has 0 saturated heterocycles. The second-order valence-corrected chi connectivity index (χ2v) is 3.88. The molecule has 0 bridgehead atoms. The Hall–Kier alpha value is -0.616. The van der Waals surface area contributed by atoms with Crippen LogP contribution in [0.1, 0.15) is 0 Å². The summed E-state index contributed by atoms with van der Waals surface area (Å²) in [6, 6.07) is 0. The molecule has 13 heteroatoms. The van der Waals surface area contributed by atoms with Crippen molar-refractivity contribution < 1.29 is 53.4 Å². The largest absolute Gasteiger partial charge is 0.668 e. The summed E-state index contributed by atoms with van der Waals surface area (Å²) in [5.74, 6) is 0. The molecule has 0 fully saturated rings. The zero-order chi connectivity index (χ0) is 12.6. The van der Waals surface area contributed by atoms with Crippen molar-refractivity contribution in [1.82, 2.24) is 0 Å². The van der Waals surface area contributed by atoms with Crippen LogP contribution in [-0.2, 0) is 0 Å². The molecule has 0 aromatic rings. The molecule has 11 nitrogen and oxygen atoms in total. The van der Waals surface area contributed by atoms with Crippen LogP contribution >= 0.6 is 0 Å². The van der Waals surface area contributed by atoms with Gasteiger partial charge < -0.3 is 48.6 Å². The average Bonchev–Trinajstić information content (AvgIpc) is 1.45. The van der Waals surface area contributed by atoms with E-state index in [9.17, 15) is 0 Å². The third-order valence-corrected chi connectivity index (χ3v) is 0. The van der Waals surface area contributed by atoms with Crippen molar-refractivity contribution in [3.05, 3.63) is 0 Å². The summed E-state index contributed by atoms with van der Waals surface area (Å²) in [5, 5.41) is 13.9. The highest BCUT2D eigenvalue weighted by Gasteiger charge is 2.22. The molecule has 10 N–H and O–H groups in total. The molecular formula is CH10O11Si2. The minimum atomic E-state index is -4.61. The van der Waals surface area contributed by atoms with Crippen LogP contribution in [0.5, 0.6) is 0 Å². The fourth-order valence-electron chi connectivity index (χ4n) is 0. The summed E-state index contributed by atoms with van der Waals surface area (Å²) in [6.45, 7) is 0. The summed E-state index contributed by atoms with van der Waals surface area (Å²) in [6.07, 6.45) is -1.83. The summed E-state index contributed by atoms with van der Waals surface area (Å²) < 4.78 is 0. The highest BCUT2D eigenvalue weighted by Crippen LogP contribution is 1.67. The van der Waals surface area contributed by atoms with Gasteiger partial charge in [0.1, 0.15) is 0 Å². The molecule has 0 aromatic heterocycles. The number of carbonyl (C=O) groups is 1. The van der Waals surface area contributed by atoms with Gasteiger partial charge in [-0.3, -0.25) is 0 Å². The summed E-state index contributed by atoms with van der Waals surface area (Å²) >= 11 is 0. The Kier molecular flexibility index (Phi) is 10.5. The van der Waals surface area contributed by atoms with E-state index in [4.69, 9.17) is 53.4 Å². The number of hydrogen-bond donors (Lipinski definition) is 10. The van der Waals surface area contributed by atoms with Crippen LogP contribution in [0.25, 0.3) is 0 Å². The van der Waals surface area contributed by atoms with Crippen LogP contribution in [0.15, 0.2) is 0 Å². The monoisotopic (exact) mass is 254 g/mol. The first-order valence-electron chi connectivity index (χ1n) is 2.44. The minimum absolute atomic E-state index is 1.83. The van der Waals surface area contributed by atoms with E-state index in [1.54, 1.807) is 0 Å². The molecule has 0 unspecified atom stereocenters. The maximum Gasteiger partial charge on any atom is 0.668 e. The highest BCUT2D eigenvalue weighted by molar-refractivity contribution is 6.47. The van der Waals surface area contributed by atoms with Gasteiger partial charge in [0, 0.05) is 0 Å². The molecule has 0 aliphatic heterocycles. The van der Waals surface area contributed by atoms with Crippen molar-refractivity contribution in [2.24, 2.45) is 0 Å². The molecule has 0 saturated carbocycles. The fourth-order valence-corrected chi connectivity index (χ4v) is 0. The van der Waals surface area contributed by atoms with E-state index in [1.807, 2.05) is 0 Å². The van der Waals surface area contributed by atoms with E-state index in [-0.39, 0.29) is 0 Å². The van der Waals surface area contributed by atoms with Crippen LogP contribution in [0.3, 0.4) is 0 Å². The van der Waals surface area contributed by atoms with Crippen LogP contribution in [0.2, 0.25) is 0 Å². The van der Waals surface area contributed by atoms with Crippen LogP contribution in [-0.4, -0.2) is 72.8 Å². The third-order valence-electron chi connectivity index (χ3n) is 0. The van der Waals surface area contributed by atoms with E-state index in [2.05, 4.69) is 0 Å². The molecule has 0 aliphatic rings. The molecule has 0 atom stereocenters. The first-order chi connectivity index (χ1) is 5.73. The average molecular weight is 254 g/mol. The lowest BCUT2D eigenvalue weighted by atomic mass is 11.5. The predicted octanol–water partition coefficient (Wildman–Crippen LogP) is -5.00. The van der Waals surface area contributed by atoms with E-state index in [1.165, 1.54) is 0 Å². The first-order valence-corrected chi connectivity index (χ1v) is 6.02. The standard InChI is InChI=1S/CH2O3.2H4O4Si/c2-1(3)4;2*1-5(2,3)4/h(H2,2,3,4);2*1-4H. The normalized spacial score (nSPS) is 10.3. The number of hydrogen-bond acceptors (Lipinski definition) is 9. The topological polar surface area (TPSA) is 219 Å². The predicted molar refractivity (Wildman–Crippen MR) is 39.9 cm³/mol. The molecule has 0 spiro atoms. The van der Waals surface area contributed by atoms with E-state index in [0.29, 0.717) is 0 Å². The van der Waals surface area contributed by atoms with Crippen molar-refractivity contribution in [3.8, 4) is 0 Å². The van der Waals surface area contributed by atoms with Gasteiger partial charge in [-0.25, -0.2) is 4.79 Å². The van der Waals surface area contributed by atoms with Crippen molar-refractivity contribution in [1.29, 1.82) is 0 Å². The van der Waals surface area contributed by atoms with Crippen molar-refractivity contribution >= 4 is 24.3 Å². The van der Waals surface area contributed by atoms with Gasteiger partial charge in [0.05, 0.1) is 0 Å². The Morgan fingerprint density at radius 1 is 0.643 bits per heavy atom. The Morgan fingerprint density at radius 3 is 0.643 bits per heavy atom. The van der Waals surface area contributed by atoms with Gasteiger partial charge >= 0.3 is 24.3 Å². The van der Waals surface area contributed by atoms with Gasteiger partial charge in [0.15, 0.2) is 0 Å². The van der Waals surface area contributed by atoms with Crippen LogP contribution in [0, 0.1) is 0 Å². The van der Waals surface area contributed by atoms with Crippen LogP contribution < -0.4 is 0 Å². The van der Waals surface area contributed by atoms with E-state index < -0.39 is 24.3 Å². The molecule has 0 aromatic carbocycles. The molecule has 14 heavy (non-hydrogen) atoms. The minimum Gasteiger partial charge on any atom is -0.450 e. The van der Waals surface area contributed by atoms with Crippen LogP contribution in [0.4, 0.5) is 4.79 Å². The Morgan fingerprint density at radius 2 is 0.643 bits per heavy atom. The molecule has 0 rings (SSSR count).